The van der Waals surface area contributed by atoms with Gasteiger partial charge in [-0.3, -0.25) is 14.4 Å². The van der Waals surface area contributed by atoms with Crippen molar-refractivity contribution in [1.29, 1.82) is 0 Å². The number of aromatic amines is 1. The lowest BCUT2D eigenvalue weighted by Gasteiger charge is -2.30. The summed E-state index contributed by atoms with van der Waals surface area (Å²) in [6, 6.07) is 5.71. The van der Waals surface area contributed by atoms with Gasteiger partial charge >= 0.3 is 6.09 Å². The van der Waals surface area contributed by atoms with Crippen LogP contribution in [0.25, 0.3) is 0 Å². The third kappa shape index (κ3) is 14.4. The summed E-state index contributed by atoms with van der Waals surface area (Å²) >= 11 is 0. The molecule has 0 aliphatic heterocycles. The Morgan fingerprint density at radius 3 is 2.04 bits per heavy atom. The molecule has 256 valence electrons. The van der Waals surface area contributed by atoms with Crippen molar-refractivity contribution in [3.8, 4) is 0 Å². The van der Waals surface area contributed by atoms with E-state index in [0.29, 0.717) is 18.5 Å². The standard InChI is InChI=1S/C33H53N7O6/c1-20(2)13-24(28(41)18-36-25(29(34)42)14-21(3)4)38-31(44)27(16-23-17-35-19-37-23)39-30(43)26(15-22-11-9-8-10-12-22)40-32(45)46-33(5,6)7/h8-12,17,19-21,24-28,36,41H,13-16,18H2,1-7H3,(H2,34,42)(H,35,37)(H,38,44)(H,39,43)(H,40,45)/t24-,25+,26-,27-,28?/m0/s1. The Morgan fingerprint density at radius 2 is 1.50 bits per heavy atom. The topological polar surface area (TPSA) is 201 Å². The normalized spacial score (nSPS) is 15.0. The highest BCUT2D eigenvalue weighted by atomic mass is 16.6. The number of alkyl carbamates (subject to hydrolysis) is 1. The van der Waals surface area contributed by atoms with E-state index in [1.54, 1.807) is 27.0 Å². The van der Waals surface area contributed by atoms with Crippen LogP contribution in [0.3, 0.4) is 0 Å². The number of aliphatic hydroxyl groups is 1. The van der Waals surface area contributed by atoms with E-state index in [2.05, 4.69) is 31.2 Å². The van der Waals surface area contributed by atoms with Crippen LogP contribution in [0.15, 0.2) is 42.9 Å². The minimum Gasteiger partial charge on any atom is -0.444 e. The highest BCUT2D eigenvalue weighted by Crippen LogP contribution is 2.13. The molecular formula is C33H53N7O6. The van der Waals surface area contributed by atoms with Gasteiger partial charge in [0.15, 0.2) is 0 Å². The lowest BCUT2D eigenvalue weighted by atomic mass is 9.97. The molecule has 1 aromatic carbocycles. The van der Waals surface area contributed by atoms with Crippen molar-refractivity contribution < 1.29 is 29.0 Å². The molecule has 1 heterocycles. The zero-order valence-electron chi connectivity index (χ0n) is 28.1. The average Bonchev–Trinajstić information content (AvgIpc) is 3.46. The Morgan fingerprint density at radius 1 is 0.891 bits per heavy atom. The lowest BCUT2D eigenvalue weighted by molar-refractivity contribution is -0.131. The molecule has 2 rings (SSSR count). The Hall–Kier alpha value is -3.97. The number of carbonyl (C=O) groups is 4. The van der Waals surface area contributed by atoms with Crippen LogP contribution in [0.4, 0.5) is 4.79 Å². The summed E-state index contributed by atoms with van der Waals surface area (Å²) in [5.41, 5.74) is 6.17. The maximum absolute atomic E-state index is 13.8. The Balaban J connectivity index is 2.27. The monoisotopic (exact) mass is 643 g/mol. The van der Waals surface area contributed by atoms with E-state index in [9.17, 15) is 24.3 Å². The van der Waals surface area contributed by atoms with Crippen LogP contribution in [-0.4, -0.2) is 81.3 Å². The highest BCUT2D eigenvalue weighted by Gasteiger charge is 2.32. The second-order valence-electron chi connectivity index (χ2n) is 13.5. The van der Waals surface area contributed by atoms with Crippen LogP contribution in [0.5, 0.6) is 0 Å². The van der Waals surface area contributed by atoms with Gasteiger partial charge in [0.1, 0.15) is 17.7 Å². The molecule has 46 heavy (non-hydrogen) atoms. The quantitative estimate of drug-likeness (QED) is 0.128. The van der Waals surface area contributed by atoms with Gasteiger partial charge in [-0.25, -0.2) is 9.78 Å². The van der Waals surface area contributed by atoms with Crippen molar-refractivity contribution in [2.24, 2.45) is 17.6 Å². The Kier molecular flexibility index (Phi) is 15.2. The van der Waals surface area contributed by atoms with Crippen molar-refractivity contribution in [1.82, 2.24) is 31.2 Å². The van der Waals surface area contributed by atoms with Gasteiger partial charge in [-0.2, -0.15) is 0 Å². The van der Waals surface area contributed by atoms with Crippen molar-refractivity contribution in [3.05, 3.63) is 54.1 Å². The number of hydrogen-bond donors (Lipinski definition) is 7. The first kappa shape index (κ1) is 38.2. The van der Waals surface area contributed by atoms with Crippen LogP contribution in [0.1, 0.15) is 72.6 Å². The molecule has 0 saturated carbocycles. The number of rotatable bonds is 18. The number of imidazole rings is 1. The number of aromatic nitrogens is 2. The van der Waals surface area contributed by atoms with Gasteiger partial charge in [0, 0.05) is 31.3 Å². The molecule has 0 bridgehead atoms. The lowest BCUT2D eigenvalue weighted by Crippen LogP contribution is -2.58. The summed E-state index contributed by atoms with van der Waals surface area (Å²) in [6.45, 7) is 13.1. The van der Waals surface area contributed by atoms with Crippen molar-refractivity contribution >= 4 is 23.8 Å². The molecule has 4 amide bonds. The fraction of sp³-hybridized carbons (Fsp3) is 0.606. The van der Waals surface area contributed by atoms with Crippen LogP contribution in [-0.2, 0) is 32.0 Å². The largest absolute Gasteiger partial charge is 0.444 e. The van der Waals surface area contributed by atoms with Crippen LogP contribution < -0.4 is 27.0 Å². The minimum atomic E-state index is -1.08. The highest BCUT2D eigenvalue weighted by molar-refractivity contribution is 5.91. The van der Waals surface area contributed by atoms with Gasteiger partial charge in [-0.05, 0) is 51.0 Å². The molecule has 1 unspecified atom stereocenters. The van der Waals surface area contributed by atoms with E-state index < -0.39 is 59.7 Å². The second-order valence-corrected chi connectivity index (χ2v) is 13.5. The third-order valence-electron chi connectivity index (χ3n) is 7.04. The first-order valence-electron chi connectivity index (χ1n) is 15.9. The maximum atomic E-state index is 13.8. The van der Waals surface area contributed by atoms with Crippen LogP contribution in [0, 0.1) is 11.8 Å². The molecule has 0 aliphatic rings. The first-order valence-corrected chi connectivity index (χ1v) is 15.9. The molecule has 2 aromatic rings. The number of aliphatic hydroxyl groups excluding tert-OH is 1. The number of H-pyrrole nitrogens is 1. The average molecular weight is 644 g/mol. The zero-order valence-corrected chi connectivity index (χ0v) is 28.1. The number of amides is 4. The summed E-state index contributed by atoms with van der Waals surface area (Å²) in [6.07, 6.45) is 2.37. The van der Waals surface area contributed by atoms with E-state index >= 15 is 0 Å². The molecule has 8 N–H and O–H groups in total. The van der Waals surface area contributed by atoms with Crippen molar-refractivity contribution in [3.63, 3.8) is 0 Å². The molecule has 0 radical (unpaired) electrons. The van der Waals surface area contributed by atoms with Crippen LogP contribution in [0.2, 0.25) is 0 Å². The number of ether oxygens (including phenoxy) is 1. The smallest absolute Gasteiger partial charge is 0.408 e. The number of nitrogens with two attached hydrogens (primary N) is 1. The molecule has 0 aliphatic carbocycles. The predicted octanol–water partition coefficient (Wildman–Crippen LogP) is 1.95. The molecule has 1 aromatic heterocycles. The van der Waals surface area contributed by atoms with Crippen molar-refractivity contribution in [2.75, 3.05) is 6.54 Å². The number of benzene rings is 1. The van der Waals surface area contributed by atoms with E-state index in [4.69, 9.17) is 10.5 Å². The number of carbonyl (C=O) groups excluding carboxylic acids is 4. The molecule has 0 saturated heterocycles. The van der Waals surface area contributed by atoms with E-state index in [0.717, 1.165) is 5.56 Å². The molecule has 5 atom stereocenters. The third-order valence-corrected chi connectivity index (χ3v) is 7.04. The zero-order chi connectivity index (χ0) is 34.4. The summed E-state index contributed by atoms with van der Waals surface area (Å²) < 4.78 is 5.40. The SMILES string of the molecule is CC(C)C[C@H](NC(=O)[C@H](Cc1cnc[nH]1)NC(=O)[C@H](Cc1ccccc1)NC(=O)OC(C)(C)C)C(O)CN[C@H](CC(C)C)C(N)=O. The molecule has 13 heteroatoms. The first-order chi connectivity index (χ1) is 21.5. The fourth-order valence-corrected chi connectivity index (χ4v) is 4.89. The van der Waals surface area contributed by atoms with Gasteiger partial charge in [0.05, 0.1) is 24.5 Å². The van der Waals surface area contributed by atoms with Gasteiger partial charge < -0.3 is 41.8 Å². The van der Waals surface area contributed by atoms with Gasteiger partial charge in [-0.1, -0.05) is 58.0 Å². The molecule has 0 spiro atoms. The van der Waals surface area contributed by atoms with E-state index in [-0.39, 0.29) is 31.2 Å². The summed E-state index contributed by atoms with van der Waals surface area (Å²) in [4.78, 5) is 59.2. The van der Waals surface area contributed by atoms with Crippen LogP contribution >= 0.6 is 0 Å². The molecular weight excluding hydrogens is 590 g/mol. The molecule has 13 nitrogen and oxygen atoms in total. The summed E-state index contributed by atoms with van der Waals surface area (Å²) in [5, 5.41) is 22.5. The summed E-state index contributed by atoms with van der Waals surface area (Å²) in [5.74, 6) is -1.32. The van der Waals surface area contributed by atoms with E-state index in [1.807, 2.05) is 58.0 Å². The minimum absolute atomic E-state index is 0.0223. The van der Waals surface area contributed by atoms with Gasteiger partial charge in [0.2, 0.25) is 17.7 Å². The molecule has 0 fully saturated rings. The Labute approximate surface area is 272 Å². The van der Waals surface area contributed by atoms with E-state index in [1.165, 1.54) is 6.33 Å². The Bertz CT molecular complexity index is 1230. The van der Waals surface area contributed by atoms with Gasteiger partial charge in [-0.15, -0.1) is 0 Å². The number of primary amides is 1. The number of hydrogen-bond acceptors (Lipinski definition) is 8. The number of nitrogens with zero attached hydrogens (tertiary/aromatic N) is 1. The van der Waals surface area contributed by atoms with Crippen molar-refractivity contribution in [2.45, 2.75) is 110 Å². The fourth-order valence-electron chi connectivity index (χ4n) is 4.89. The number of nitrogens with one attached hydrogen (secondary N) is 5. The van der Waals surface area contributed by atoms with Gasteiger partial charge in [0.25, 0.3) is 0 Å². The summed E-state index contributed by atoms with van der Waals surface area (Å²) in [7, 11) is 0. The maximum Gasteiger partial charge on any atom is 0.408 e. The predicted molar refractivity (Wildman–Crippen MR) is 175 cm³/mol. The second kappa shape index (κ2) is 18.2.